The summed E-state index contributed by atoms with van der Waals surface area (Å²) in [4.78, 5) is 12.5. The van der Waals surface area contributed by atoms with E-state index in [9.17, 15) is 18.0 Å². The lowest BCUT2D eigenvalue weighted by atomic mass is 10.2. The summed E-state index contributed by atoms with van der Waals surface area (Å²) >= 11 is 0. The van der Waals surface area contributed by atoms with E-state index in [0.29, 0.717) is 12.8 Å². The predicted molar refractivity (Wildman–Crippen MR) is 55.3 cm³/mol. The molecular weight excluding hydrogens is 237 g/mol. The molecule has 0 aromatic rings. The number of amides is 1. The topological polar surface area (TPSA) is 55.6 Å². The summed E-state index contributed by atoms with van der Waals surface area (Å²) in [6.45, 7) is 0.429. The molecule has 0 bridgehead atoms. The zero-order valence-electron chi connectivity index (χ0n) is 9.67. The van der Waals surface area contributed by atoms with Crippen molar-refractivity contribution < 1.29 is 22.7 Å². The van der Waals surface area contributed by atoms with Crippen molar-refractivity contribution in [2.75, 3.05) is 19.6 Å². The third-order valence-electron chi connectivity index (χ3n) is 2.59. The maximum atomic E-state index is 12.3. The fourth-order valence-electron chi connectivity index (χ4n) is 1.83. The molecule has 1 fully saturated rings. The number of rotatable bonds is 4. The lowest BCUT2D eigenvalue weighted by molar-refractivity contribution is -0.167. The number of ether oxygens (including phenoxy) is 1. The molecule has 0 aliphatic carbocycles. The summed E-state index contributed by atoms with van der Waals surface area (Å²) in [5, 5.41) is 0. The molecule has 1 amide bonds. The molecular formula is C10H17F3N2O2. The Balaban J connectivity index is 2.60. The Labute approximate surface area is 97.9 Å². The van der Waals surface area contributed by atoms with Crippen LogP contribution in [0.25, 0.3) is 0 Å². The van der Waals surface area contributed by atoms with Crippen LogP contribution in [0.5, 0.6) is 0 Å². The number of carbonyl (C=O) groups is 1. The van der Waals surface area contributed by atoms with Crippen LogP contribution in [-0.2, 0) is 9.53 Å². The van der Waals surface area contributed by atoms with Crippen molar-refractivity contribution in [1.82, 2.24) is 4.90 Å². The molecule has 17 heavy (non-hydrogen) atoms. The largest absolute Gasteiger partial charge is 0.406 e. The molecule has 100 valence electrons. The summed E-state index contributed by atoms with van der Waals surface area (Å²) in [5.41, 5.74) is 5.21. The second kappa shape index (κ2) is 5.68. The van der Waals surface area contributed by atoms with Crippen molar-refractivity contribution in [3.63, 3.8) is 0 Å². The van der Waals surface area contributed by atoms with Gasteiger partial charge in [0.1, 0.15) is 12.6 Å². The number of hydrogen-bond donors (Lipinski definition) is 1. The highest BCUT2D eigenvalue weighted by molar-refractivity contribution is 5.81. The van der Waals surface area contributed by atoms with Gasteiger partial charge in [0.2, 0.25) is 0 Å². The quantitative estimate of drug-likeness (QED) is 0.811. The Morgan fingerprint density at radius 2 is 2.12 bits per heavy atom. The van der Waals surface area contributed by atoms with Crippen LogP contribution in [0.4, 0.5) is 13.2 Å². The first kappa shape index (κ1) is 14.2. The zero-order chi connectivity index (χ0) is 13.1. The predicted octanol–water partition coefficient (Wildman–Crippen LogP) is 0.903. The van der Waals surface area contributed by atoms with E-state index in [1.54, 1.807) is 6.92 Å². The second-order valence-corrected chi connectivity index (χ2v) is 4.18. The fraction of sp³-hybridized carbons (Fsp3) is 0.900. The Bertz CT molecular complexity index is 271. The minimum Gasteiger partial charge on any atom is -0.365 e. The van der Waals surface area contributed by atoms with Gasteiger partial charge in [-0.15, -0.1) is 0 Å². The minimum absolute atomic E-state index is 0.00406. The van der Waals surface area contributed by atoms with Crippen LogP contribution in [0.15, 0.2) is 0 Å². The van der Waals surface area contributed by atoms with Gasteiger partial charge in [-0.25, -0.2) is 0 Å². The molecule has 1 saturated heterocycles. The monoisotopic (exact) mass is 254 g/mol. The Hall–Kier alpha value is -0.820. The van der Waals surface area contributed by atoms with E-state index in [1.807, 2.05) is 0 Å². The molecule has 0 radical (unpaired) electrons. The van der Waals surface area contributed by atoms with Gasteiger partial charge in [-0.3, -0.25) is 4.79 Å². The summed E-state index contributed by atoms with van der Waals surface area (Å²) in [5.74, 6) is -0.614. The molecule has 0 spiro atoms. The van der Waals surface area contributed by atoms with Crippen molar-refractivity contribution >= 4 is 5.91 Å². The molecule has 2 N–H and O–H groups in total. The van der Waals surface area contributed by atoms with E-state index in [0.717, 1.165) is 4.90 Å². The van der Waals surface area contributed by atoms with E-state index >= 15 is 0 Å². The summed E-state index contributed by atoms with van der Waals surface area (Å²) in [6.07, 6.45) is -4.07. The lowest BCUT2D eigenvalue weighted by Gasteiger charge is -2.25. The van der Waals surface area contributed by atoms with Gasteiger partial charge < -0.3 is 15.4 Å². The lowest BCUT2D eigenvalue weighted by Crippen LogP contribution is -2.46. The van der Waals surface area contributed by atoms with Crippen LogP contribution in [0.1, 0.15) is 19.8 Å². The number of nitrogens with two attached hydrogens (primary N) is 1. The molecule has 1 rings (SSSR count). The standard InChI is InChI=1S/C10H17F3N2O2/c1-7-2-3-8(17-7)9(16)15(5-4-14)6-10(11,12)13/h7-8H,2-6,14H2,1H3. The third kappa shape index (κ3) is 4.51. The van der Waals surface area contributed by atoms with Crippen LogP contribution in [-0.4, -0.2) is 48.8 Å². The van der Waals surface area contributed by atoms with Crippen molar-refractivity contribution in [2.45, 2.75) is 38.1 Å². The first-order chi connectivity index (χ1) is 7.83. The van der Waals surface area contributed by atoms with E-state index in [-0.39, 0.29) is 19.2 Å². The van der Waals surface area contributed by atoms with Crippen LogP contribution >= 0.6 is 0 Å². The van der Waals surface area contributed by atoms with Gasteiger partial charge in [0.25, 0.3) is 5.91 Å². The maximum Gasteiger partial charge on any atom is 0.406 e. The maximum absolute atomic E-state index is 12.3. The molecule has 2 atom stereocenters. The van der Waals surface area contributed by atoms with Gasteiger partial charge in [-0.05, 0) is 19.8 Å². The smallest absolute Gasteiger partial charge is 0.365 e. The third-order valence-corrected chi connectivity index (χ3v) is 2.59. The summed E-state index contributed by atoms with van der Waals surface area (Å²) in [7, 11) is 0. The number of nitrogens with zero attached hydrogens (tertiary/aromatic N) is 1. The van der Waals surface area contributed by atoms with Gasteiger partial charge >= 0.3 is 6.18 Å². The Morgan fingerprint density at radius 1 is 1.47 bits per heavy atom. The molecule has 0 saturated carbocycles. The van der Waals surface area contributed by atoms with Gasteiger partial charge in [0.15, 0.2) is 0 Å². The van der Waals surface area contributed by atoms with E-state index < -0.39 is 24.7 Å². The first-order valence-corrected chi connectivity index (χ1v) is 5.54. The van der Waals surface area contributed by atoms with Crippen LogP contribution in [0.3, 0.4) is 0 Å². The van der Waals surface area contributed by atoms with E-state index in [4.69, 9.17) is 10.5 Å². The van der Waals surface area contributed by atoms with Gasteiger partial charge in [0.05, 0.1) is 6.10 Å². The number of alkyl halides is 3. The van der Waals surface area contributed by atoms with Crippen molar-refractivity contribution in [1.29, 1.82) is 0 Å². The molecule has 0 aromatic carbocycles. The van der Waals surface area contributed by atoms with E-state index in [2.05, 4.69) is 0 Å². The SMILES string of the molecule is CC1CCC(C(=O)N(CCN)CC(F)(F)F)O1. The molecule has 4 nitrogen and oxygen atoms in total. The van der Waals surface area contributed by atoms with Crippen LogP contribution < -0.4 is 5.73 Å². The number of carbonyl (C=O) groups excluding carboxylic acids is 1. The van der Waals surface area contributed by atoms with Crippen LogP contribution in [0.2, 0.25) is 0 Å². The van der Waals surface area contributed by atoms with Gasteiger partial charge in [-0.2, -0.15) is 13.2 Å². The molecule has 1 aliphatic heterocycles. The highest BCUT2D eigenvalue weighted by Crippen LogP contribution is 2.23. The molecule has 0 aromatic heterocycles. The van der Waals surface area contributed by atoms with E-state index in [1.165, 1.54) is 0 Å². The first-order valence-electron chi connectivity index (χ1n) is 5.54. The van der Waals surface area contributed by atoms with Crippen molar-refractivity contribution in [3.05, 3.63) is 0 Å². The van der Waals surface area contributed by atoms with Gasteiger partial charge in [-0.1, -0.05) is 0 Å². The number of hydrogen-bond acceptors (Lipinski definition) is 3. The van der Waals surface area contributed by atoms with Crippen molar-refractivity contribution in [3.8, 4) is 0 Å². The summed E-state index contributed by atoms with van der Waals surface area (Å²) < 4.78 is 42.1. The average molecular weight is 254 g/mol. The van der Waals surface area contributed by atoms with Crippen molar-refractivity contribution in [2.24, 2.45) is 5.73 Å². The highest BCUT2D eigenvalue weighted by Gasteiger charge is 2.37. The zero-order valence-corrected chi connectivity index (χ0v) is 9.67. The normalized spacial score (nSPS) is 25.0. The van der Waals surface area contributed by atoms with Crippen LogP contribution in [0, 0.1) is 0 Å². The molecule has 2 unspecified atom stereocenters. The van der Waals surface area contributed by atoms with Gasteiger partial charge in [0, 0.05) is 13.1 Å². The molecule has 7 heteroatoms. The Morgan fingerprint density at radius 3 is 2.53 bits per heavy atom. The second-order valence-electron chi connectivity index (χ2n) is 4.18. The minimum atomic E-state index is -4.41. The molecule has 1 heterocycles. The highest BCUT2D eigenvalue weighted by atomic mass is 19.4. The fourth-order valence-corrected chi connectivity index (χ4v) is 1.83. The Kier molecular flexibility index (Phi) is 4.76. The average Bonchev–Trinajstić information content (AvgIpc) is 2.61. The molecule has 1 aliphatic rings. The summed E-state index contributed by atoms with van der Waals surface area (Å²) in [6, 6.07) is 0. The number of halogens is 3.